The maximum absolute atomic E-state index is 11.2. The van der Waals surface area contributed by atoms with Crippen molar-refractivity contribution in [2.24, 2.45) is 5.92 Å². The van der Waals surface area contributed by atoms with Crippen LogP contribution in [0.15, 0.2) is 0 Å². The van der Waals surface area contributed by atoms with Crippen LogP contribution in [0, 0.1) is 5.92 Å². The summed E-state index contributed by atoms with van der Waals surface area (Å²) in [6.07, 6.45) is 0. The largest absolute Gasteiger partial charge is 0.344 e. The average molecular weight is 175 g/mol. The molecule has 0 heterocycles. The van der Waals surface area contributed by atoms with Gasteiger partial charge in [0.15, 0.2) is 0 Å². The van der Waals surface area contributed by atoms with Gasteiger partial charge < -0.3 is 4.90 Å². The first-order valence-electron chi connectivity index (χ1n) is 3.39. The normalized spacial score (nSPS) is 9.55. The summed E-state index contributed by atoms with van der Waals surface area (Å²) < 4.78 is 10.4. The SMILES string of the molecule is CC(C)C(=S=O)C(=O)N(C)C. The first kappa shape index (κ1) is 10.4. The second-order valence-electron chi connectivity index (χ2n) is 2.80. The minimum Gasteiger partial charge on any atom is -0.344 e. The molecule has 0 fully saturated rings. The highest BCUT2D eigenvalue weighted by atomic mass is 32.1. The summed E-state index contributed by atoms with van der Waals surface area (Å²) in [6, 6.07) is 0. The Morgan fingerprint density at radius 2 is 1.82 bits per heavy atom. The zero-order valence-electron chi connectivity index (χ0n) is 7.25. The predicted molar refractivity (Wildman–Crippen MR) is 46.7 cm³/mol. The Hall–Kier alpha value is -0.640. The van der Waals surface area contributed by atoms with Crippen LogP contribution in [0.4, 0.5) is 0 Å². The molecule has 0 aromatic carbocycles. The van der Waals surface area contributed by atoms with Gasteiger partial charge in [-0.05, 0) is 5.92 Å². The molecule has 0 unspecified atom stereocenters. The lowest BCUT2D eigenvalue weighted by Gasteiger charge is -2.12. The molecule has 3 nitrogen and oxygen atoms in total. The lowest BCUT2D eigenvalue weighted by atomic mass is 10.1. The van der Waals surface area contributed by atoms with Crippen LogP contribution in [-0.4, -0.2) is 34.0 Å². The van der Waals surface area contributed by atoms with Crippen LogP contribution < -0.4 is 0 Å². The van der Waals surface area contributed by atoms with Gasteiger partial charge in [-0.1, -0.05) is 13.8 Å². The molecule has 0 radical (unpaired) electrons. The molecule has 0 saturated carbocycles. The molecule has 0 rings (SSSR count). The van der Waals surface area contributed by atoms with E-state index < -0.39 is 0 Å². The molecule has 1 amide bonds. The van der Waals surface area contributed by atoms with Crippen LogP contribution in [-0.2, 0) is 16.1 Å². The summed E-state index contributed by atoms with van der Waals surface area (Å²) in [5.74, 6) is -0.160. The minimum atomic E-state index is -0.181. The van der Waals surface area contributed by atoms with Gasteiger partial charge in [0.05, 0.1) is 11.3 Å². The van der Waals surface area contributed by atoms with E-state index in [-0.39, 0.29) is 23.1 Å². The summed E-state index contributed by atoms with van der Waals surface area (Å²) in [5.41, 5.74) is 0. The molecule has 0 bridgehead atoms. The second kappa shape index (κ2) is 4.28. The quantitative estimate of drug-likeness (QED) is 0.559. The number of carbonyl (C=O) groups excluding carboxylic acids is 1. The molecule has 0 aliphatic heterocycles. The third-order valence-corrected chi connectivity index (χ3v) is 2.06. The summed E-state index contributed by atoms with van der Waals surface area (Å²) in [5, 5.41) is 0. The fraction of sp³-hybridized carbons (Fsp3) is 0.714. The Bertz CT molecular complexity index is 204. The summed E-state index contributed by atoms with van der Waals surface area (Å²) in [6.45, 7) is 3.67. The van der Waals surface area contributed by atoms with Crippen molar-refractivity contribution in [2.75, 3.05) is 14.1 Å². The van der Waals surface area contributed by atoms with Gasteiger partial charge in [0.2, 0.25) is 0 Å². The van der Waals surface area contributed by atoms with Crippen molar-refractivity contribution < 1.29 is 9.00 Å². The smallest absolute Gasteiger partial charge is 0.262 e. The van der Waals surface area contributed by atoms with Crippen molar-refractivity contribution >= 4 is 22.0 Å². The van der Waals surface area contributed by atoms with E-state index in [2.05, 4.69) is 0 Å². The lowest BCUT2D eigenvalue weighted by Crippen LogP contribution is -2.32. The van der Waals surface area contributed by atoms with Crippen LogP contribution in [0.2, 0.25) is 0 Å². The molecule has 0 spiro atoms. The Morgan fingerprint density at radius 1 is 1.36 bits per heavy atom. The number of rotatable bonds is 2. The van der Waals surface area contributed by atoms with Crippen LogP contribution in [0.25, 0.3) is 0 Å². The molecular formula is C7H13NO2S. The van der Waals surface area contributed by atoms with Gasteiger partial charge in [-0.3, -0.25) is 4.79 Å². The van der Waals surface area contributed by atoms with Crippen molar-refractivity contribution in [2.45, 2.75) is 13.8 Å². The van der Waals surface area contributed by atoms with Crippen molar-refractivity contribution in [3.05, 3.63) is 0 Å². The average Bonchev–Trinajstić information content (AvgIpc) is 1.88. The highest BCUT2D eigenvalue weighted by Crippen LogP contribution is 1.97. The van der Waals surface area contributed by atoms with Gasteiger partial charge in [-0.15, -0.1) is 0 Å². The van der Waals surface area contributed by atoms with Gasteiger partial charge in [-0.2, -0.15) is 0 Å². The van der Waals surface area contributed by atoms with Gasteiger partial charge in [0.1, 0.15) is 4.86 Å². The molecular weight excluding hydrogens is 162 g/mol. The van der Waals surface area contributed by atoms with Crippen LogP contribution in [0.3, 0.4) is 0 Å². The zero-order chi connectivity index (χ0) is 9.02. The van der Waals surface area contributed by atoms with E-state index in [0.29, 0.717) is 4.86 Å². The summed E-state index contributed by atoms with van der Waals surface area (Å²) in [4.78, 5) is 13.0. The fourth-order valence-corrected chi connectivity index (χ4v) is 1.05. The van der Waals surface area contributed by atoms with Crippen molar-refractivity contribution in [1.29, 1.82) is 0 Å². The molecule has 0 atom stereocenters. The van der Waals surface area contributed by atoms with E-state index in [1.807, 2.05) is 13.8 Å². The number of nitrogens with zero attached hydrogens (tertiary/aromatic N) is 1. The highest BCUT2D eigenvalue weighted by molar-refractivity contribution is 7.68. The molecule has 0 aromatic heterocycles. The fourth-order valence-electron chi connectivity index (χ4n) is 0.599. The molecule has 0 aromatic rings. The van der Waals surface area contributed by atoms with E-state index in [4.69, 9.17) is 0 Å². The first-order valence-corrected chi connectivity index (χ1v) is 4.13. The van der Waals surface area contributed by atoms with Crippen LogP contribution in [0.1, 0.15) is 13.8 Å². The van der Waals surface area contributed by atoms with Gasteiger partial charge in [-0.25, -0.2) is 4.21 Å². The van der Waals surface area contributed by atoms with Crippen molar-refractivity contribution in [1.82, 2.24) is 4.90 Å². The minimum absolute atomic E-state index is 0.0207. The number of hydrogen-bond acceptors (Lipinski definition) is 2. The van der Waals surface area contributed by atoms with Crippen LogP contribution >= 0.6 is 0 Å². The van der Waals surface area contributed by atoms with E-state index in [0.717, 1.165) is 0 Å². The monoisotopic (exact) mass is 175 g/mol. The number of carbonyl (C=O) groups is 1. The topological polar surface area (TPSA) is 37.4 Å². The number of amides is 1. The first-order chi connectivity index (χ1) is 5.00. The Balaban J connectivity index is 4.56. The second-order valence-corrected chi connectivity index (χ2v) is 3.41. The third-order valence-electron chi connectivity index (χ3n) is 1.23. The van der Waals surface area contributed by atoms with Gasteiger partial charge in [0.25, 0.3) is 5.91 Å². The Labute approximate surface area is 70.5 Å². The molecule has 0 aliphatic carbocycles. The molecule has 11 heavy (non-hydrogen) atoms. The maximum Gasteiger partial charge on any atom is 0.262 e. The van der Waals surface area contributed by atoms with E-state index in [9.17, 15) is 9.00 Å². The van der Waals surface area contributed by atoms with Gasteiger partial charge in [0, 0.05) is 14.1 Å². The molecule has 0 saturated heterocycles. The standard InChI is InChI=1S/C7H13NO2S/c1-5(2)6(11-10)7(9)8(3)4/h5H,1-4H3. The molecule has 4 heteroatoms. The predicted octanol–water partition coefficient (Wildman–Crippen LogP) is 0.116. The molecule has 64 valence electrons. The lowest BCUT2D eigenvalue weighted by molar-refractivity contribution is -0.121. The van der Waals surface area contributed by atoms with Crippen molar-refractivity contribution in [3.8, 4) is 0 Å². The highest BCUT2D eigenvalue weighted by Gasteiger charge is 2.15. The van der Waals surface area contributed by atoms with E-state index in [1.165, 1.54) is 4.90 Å². The van der Waals surface area contributed by atoms with Crippen molar-refractivity contribution in [3.63, 3.8) is 0 Å². The summed E-state index contributed by atoms with van der Waals surface area (Å²) in [7, 11) is 3.28. The Kier molecular flexibility index (Phi) is 4.03. The third kappa shape index (κ3) is 2.84. The van der Waals surface area contributed by atoms with E-state index in [1.54, 1.807) is 14.1 Å². The summed E-state index contributed by atoms with van der Waals surface area (Å²) >= 11 is 0.290. The van der Waals surface area contributed by atoms with E-state index >= 15 is 0 Å². The maximum atomic E-state index is 11.2. The Morgan fingerprint density at radius 3 is 1.91 bits per heavy atom. The van der Waals surface area contributed by atoms with Crippen LogP contribution in [0.5, 0.6) is 0 Å². The molecule has 0 N–H and O–H groups in total. The zero-order valence-corrected chi connectivity index (χ0v) is 8.07. The number of hydrogen-bond donors (Lipinski definition) is 0. The molecule has 0 aliphatic rings. The van der Waals surface area contributed by atoms with Gasteiger partial charge >= 0.3 is 0 Å².